The van der Waals surface area contributed by atoms with Crippen LogP contribution in [-0.4, -0.2) is 46.2 Å². The number of rotatable bonds is 6. The molecule has 3 N–H and O–H groups in total. The summed E-state index contributed by atoms with van der Waals surface area (Å²) in [4.78, 5) is 10.9. The Bertz CT molecular complexity index is 791. The van der Waals surface area contributed by atoms with Gasteiger partial charge in [0.1, 0.15) is 12.7 Å². The number of aliphatic hydroxyl groups is 1. The van der Waals surface area contributed by atoms with E-state index in [1.807, 2.05) is 0 Å². The van der Waals surface area contributed by atoms with Crippen LogP contribution in [0.2, 0.25) is 10.0 Å². The molecule has 0 spiro atoms. The van der Waals surface area contributed by atoms with Gasteiger partial charge in [-0.3, -0.25) is 4.55 Å². The van der Waals surface area contributed by atoms with E-state index in [0.29, 0.717) is 9.99 Å². The minimum Gasteiger partial charge on any atom is -0.395 e. The van der Waals surface area contributed by atoms with E-state index in [1.165, 1.54) is 12.1 Å². The number of aliphatic hydroxyl groups excluding tert-OH is 1. The molecule has 12 heteroatoms. The monoisotopic (exact) mass is 379 g/mol. The predicted molar refractivity (Wildman–Crippen MR) is 85.6 cm³/mol. The Morgan fingerprint density at radius 3 is 2.39 bits per heavy atom. The summed E-state index contributed by atoms with van der Waals surface area (Å²) in [6, 6.07) is 2.58. The van der Waals surface area contributed by atoms with Crippen LogP contribution in [0.15, 0.2) is 24.8 Å². The third-order valence-corrected chi connectivity index (χ3v) is 4.01. The maximum absolute atomic E-state index is 11.7. The van der Waals surface area contributed by atoms with E-state index in [-0.39, 0.29) is 34.8 Å². The number of nitrogens with one attached hydrogen (secondary N) is 1. The van der Waals surface area contributed by atoms with Crippen LogP contribution >= 0.6 is 23.2 Å². The molecule has 2 aromatic rings. The minimum atomic E-state index is -4.76. The second-order valence-electron chi connectivity index (χ2n) is 4.11. The summed E-state index contributed by atoms with van der Waals surface area (Å²) in [6.07, 6.45) is 2.13. The largest absolute Gasteiger partial charge is 0.395 e. The van der Waals surface area contributed by atoms with E-state index in [0.717, 1.165) is 12.7 Å². The number of aromatic nitrogens is 3. The van der Waals surface area contributed by atoms with Gasteiger partial charge in [0, 0.05) is 6.54 Å². The van der Waals surface area contributed by atoms with E-state index in [2.05, 4.69) is 20.3 Å². The molecule has 1 aromatic heterocycles. The van der Waals surface area contributed by atoms with Gasteiger partial charge < -0.3 is 10.4 Å². The Balaban J connectivity index is 2.55. The van der Waals surface area contributed by atoms with Crippen molar-refractivity contribution in [1.29, 1.82) is 0 Å². The molecule has 0 saturated heterocycles. The molecule has 0 aliphatic heterocycles. The van der Waals surface area contributed by atoms with Gasteiger partial charge >= 0.3 is 10.3 Å². The number of hydrogen-bond acceptors (Lipinski definition) is 7. The van der Waals surface area contributed by atoms with Crippen LogP contribution in [0.3, 0.4) is 0 Å². The zero-order valence-electron chi connectivity index (χ0n) is 11.4. The normalized spacial score (nSPS) is 11.3. The van der Waals surface area contributed by atoms with Crippen molar-refractivity contribution in [1.82, 2.24) is 15.0 Å². The summed E-state index contributed by atoms with van der Waals surface area (Å²) in [6.45, 7) is 0.0998. The van der Waals surface area contributed by atoms with Crippen molar-refractivity contribution in [2.24, 2.45) is 0 Å². The molecule has 0 atom stereocenters. The quantitative estimate of drug-likeness (QED) is 0.644. The fourth-order valence-corrected chi connectivity index (χ4v) is 2.91. The number of halogens is 2. The third kappa shape index (κ3) is 4.18. The van der Waals surface area contributed by atoms with E-state index in [9.17, 15) is 13.0 Å². The second kappa shape index (κ2) is 7.23. The van der Waals surface area contributed by atoms with Crippen molar-refractivity contribution in [2.45, 2.75) is 0 Å². The van der Waals surface area contributed by atoms with Gasteiger partial charge in [0.15, 0.2) is 0 Å². The lowest BCUT2D eigenvalue weighted by Gasteiger charge is -2.20. The number of benzene rings is 1. The Labute approximate surface area is 141 Å². The van der Waals surface area contributed by atoms with E-state index in [4.69, 9.17) is 28.3 Å². The maximum Gasteiger partial charge on any atom is 0.366 e. The molecule has 0 aliphatic rings. The highest BCUT2D eigenvalue weighted by Gasteiger charge is 2.27. The van der Waals surface area contributed by atoms with Gasteiger partial charge in [0.05, 0.1) is 28.0 Å². The molecule has 23 heavy (non-hydrogen) atoms. The molecule has 0 fully saturated rings. The molecule has 1 heterocycles. The molecule has 0 bridgehead atoms. The first-order valence-corrected chi connectivity index (χ1v) is 8.23. The van der Waals surface area contributed by atoms with Crippen molar-refractivity contribution in [2.75, 3.05) is 22.8 Å². The SMILES string of the molecule is O=S(=O)(O)N(c1ncncn1)c1cc(Cl)c(NCCO)cc1Cl. The number of nitrogens with zero attached hydrogens (tertiary/aromatic N) is 4. The van der Waals surface area contributed by atoms with Crippen molar-refractivity contribution >= 4 is 50.8 Å². The van der Waals surface area contributed by atoms with Crippen molar-refractivity contribution in [3.8, 4) is 0 Å². The summed E-state index contributed by atoms with van der Waals surface area (Å²) in [5, 5.41) is 11.7. The molecule has 0 aliphatic carbocycles. The van der Waals surface area contributed by atoms with Crippen LogP contribution in [0.5, 0.6) is 0 Å². The van der Waals surface area contributed by atoms with Crippen molar-refractivity contribution in [3.05, 3.63) is 34.8 Å². The Morgan fingerprint density at radius 1 is 1.17 bits per heavy atom. The van der Waals surface area contributed by atoms with Crippen molar-refractivity contribution in [3.63, 3.8) is 0 Å². The Morgan fingerprint density at radius 2 is 1.83 bits per heavy atom. The average molecular weight is 380 g/mol. The summed E-state index contributed by atoms with van der Waals surface area (Å²) < 4.78 is 33.3. The molecule has 1 aromatic carbocycles. The molecule has 9 nitrogen and oxygen atoms in total. The fraction of sp³-hybridized carbons (Fsp3) is 0.182. The number of anilines is 3. The molecular formula is C11H11Cl2N5O4S. The van der Waals surface area contributed by atoms with Gasteiger partial charge in [0.2, 0.25) is 5.95 Å². The molecule has 0 saturated carbocycles. The van der Waals surface area contributed by atoms with E-state index >= 15 is 0 Å². The Kier molecular flexibility index (Phi) is 5.55. The zero-order valence-corrected chi connectivity index (χ0v) is 13.7. The lowest BCUT2D eigenvalue weighted by Crippen LogP contribution is -2.27. The summed E-state index contributed by atoms with van der Waals surface area (Å²) in [5.74, 6) is -0.350. The van der Waals surface area contributed by atoms with Gasteiger partial charge in [-0.15, -0.1) is 0 Å². The lowest BCUT2D eigenvalue weighted by molar-refractivity contribution is 0.311. The van der Waals surface area contributed by atoms with Crippen molar-refractivity contribution < 1.29 is 18.1 Å². The zero-order chi connectivity index (χ0) is 17.0. The maximum atomic E-state index is 11.7. The highest BCUT2D eigenvalue weighted by molar-refractivity contribution is 7.87. The van der Waals surface area contributed by atoms with Crippen LogP contribution in [0.1, 0.15) is 0 Å². The summed E-state index contributed by atoms with van der Waals surface area (Å²) in [5.41, 5.74) is 0.250. The minimum absolute atomic E-state index is 0.0344. The smallest absolute Gasteiger partial charge is 0.366 e. The topological polar surface area (TPSA) is 129 Å². The summed E-state index contributed by atoms with van der Waals surface area (Å²) >= 11 is 12.1. The van der Waals surface area contributed by atoms with Crippen LogP contribution < -0.4 is 9.62 Å². The number of hydrogen-bond donors (Lipinski definition) is 3. The van der Waals surface area contributed by atoms with Crippen LogP contribution in [0, 0.1) is 0 Å². The molecule has 2 rings (SSSR count). The molecule has 124 valence electrons. The highest BCUT2D eigenvalue weighted by atomic mass is 35.5. The molecule has 0 unspecified atom stereocenters. The third-order valence-electron chi connectivity index (χ3n) is 2.57. The van der Waals surface area contributed by atoms with Crippen LogP contribution in [-0.2, 0) is 10.3 Å². The van der Waals surface area contributed by atoms with Gasteiger partial charge in [-0.25, -0.2) is 4.98 Å². The first-order chi connectivity index (χ1) is 10.8. The molecule has 0 radical (unpaired) electrons. The average Bonchev–Trinajstić information content (AvgIpc) is 2.49. The predicted octanol–water partition coefficient (Wildman–Crippen LogP) is 1.52. The standard InChI is InChI=1S/C11H11Cl2N5O4S/c12-7-4-10(8(13)3-9(7)15-1-2-19)18(23(20,21)22)11-16-5-14-6-17-11/h3-6,15,19H,1-2H2,(H,20,21,22). The van der Waals surface area contributed by atoms with Gasteiger partial charge in [-0.05, 0) is 12.1 Å². The van der Waals surface area contributed by atoms with E-state index < -0.39 is 10.3 Å². The first-order valence-electron chi connectivity index (χ1n) is 6.08. The van der Waals surface area contributed by atoms with E-state index in [1.54, 1.807) is 0 Å². The highest BCUT2D eigenvalue weighted by Crippen LogP contribution is 2.38. The lowest BCUT2D eigenvalue weighted by atomic mass is 10.2. The van der Waals surface area contributed by atoms with Gasteiger partial charge in [0.25, 0.3) is 0 Å². The molecule has 0 amide bonds. The van der Waals surface area contributed by atoms with Gasteiger partial charge in [-0.2, -0.15) is 22.7 Å². The van der Waals surface area contributed by atoms with Crippen LogP contribution in [0.25, 0.3) is 0 Å². The Hall–Kier alpha value is -1.72. The van der Waals surface area contributed by atoms with Crippen LogP contribution in [0.4, 0.5) is 17.3 Å². The fourth-order valence-electron chi connectivity index (χ4n) is 1.69. The summed E-state index contributed by atoms with van der Waals surface area (Å²) in [7, 11) is -4.76. The molecular weight excluding hydrogens is 369 g/mol. The van der Waals surface area contributed by atoms with Gasteiger partial charge in [-0.1, -0.05) is 23.2 Å². The first kappa shape index (κ1) is 17.6. The second-order valence-corrected chi connectivity index (χ2v) is 6.19.